The van der Waals surface area contributed by atoms with Gasteiger partial charge in [0.2, 0.25) is 5.82 Å². The van der Waals surface area contributed by atoms with Gasteiger partial charge in [0.1, 0.15) is 0 Å². The predicted octanol–water partition coefficient (Wildman–Crippen LogP) is 4.29. The van der Waals surface area contributed by atoms with E-state index in [4.69, 9.17) is 0 Å². The standard InChI is InChI=1S/C17H9F5N4/c18-13-10(14(19)16(21)17(22)15(13)20)8-23-25-12-7-6-11(24-26-12)9-4-2-1-3-5-9/h1-8H,(H,25,26)/b23-8+. The fraction of sp³-hybridized carbons (Fsp3) is 0. The van der Waals surface area contributed by atoms with Gasteiger partial charge in [-0.2, -0.15) is 5.10 Å². The molecule has 0 unspecified atom stereocenters. The van der Waals surface area contributed by atoms with E-state index in [0.29, 0.717) is 11.9 Å². The highest BCUT2D eigenvalue weighted by atomic mass is 19.2. The molecule has 3 aromatic rings. The van der Waals surface area contributed by atoms with Crippen LogP contribution in [0.5, 0.6) is 0 Å². The number of nitrogens with zero attached hydrogens (tertiary/aromatic N) is 3. The first-order chi connectivity index (χ1) is 12.5. The quantitative estimate of drug-likeness (QED) is 0.247. The van der Waals surface area contributed by atoms with E-state index in [2.05, 4.69) is 20.7 Å². The number of anilines is 1. The van der Waals surface area contributed by atoms with Gasteiger partial charge in [0.15, 0.2) is 29.1 Å². The van der Waals surface area contributed by atoms with E-state index < -0.39 is 34.6 Å². The predicted molar refractivity (Wildman–Crippen MR) is 84.9 cm³/mol. The Bertz CT molecular complexity index is 930. The van der Waals surface area contributed by atoms with Crippen molar-refractivity contribution in [3.05, 3.63) is 77.1 Å². The second-order valence-electron chi connectivity index (χ2n) is 5.02. The molecule has 0 saturated heterocycles. The Kier molecular flexibility index (Phi) is 4.87. The summed E-state index contributed by atoms with van der Waals surface area (Å²) in [5.41, 5.74) is 2.55. The van der Waals surface area contributed by atoms with Crippen molar-refractivity contribution in [3.8, 4) is 11.3 Å². The third-order valence-corrected chi connectivity index (χ3v) is 3.35. The van der Waals surface area contributed by atoms with Gasteiger partial charge in [-0.15, -0.1) is 10.2 Å². The van der Waals surface area contributed by atoms with Crippen molar-refractivity contribution in [2.45, 2.75) is 0 Å². The number of rotatable bonds is 4. The van der Waals surface area contributed by atoms with E-state index in [1.807, 2.05) is 30.3 Å². The third-order valence-electron chi connectivity index (χ3n) is 3.35. The van der Waals surface area contributed by atoms with Crippen molar-refractivity contribution in [1.82, 2.24) is 10.2 Å². The van der Waals surface area contributed by atoms with Crippen molar-refractivity contribution in [3.63, 3.8) is 0 Å². The van der Waals surface area contributed by atoms with Gasteiger partial charge in [0.25, 0.3) is 0 Å². The molecule has 0 aliphatic carbocycles. The molecule has 4 nitrogen and oxygen atoms in total. The minimum absolute atomic E-state index is 0.116. The first kappa shape index (κ1) is 17.5. The highest BCUT2D eigenvalue weighted by molar-refractivity contribution is 5.81. The normalized spacial score (nSPS) is 11.1. The minimum atomic E-state index is -2.23. The maximum absolute atomic E-state index is 13.5. The number of benzene rings is 2. The van der Waals surface area contributed by atoms with Crippen molar-refractivity contribution in [2.24, 2.45) is 5.10 Å². The van der Waals surface area contributed by atoms with Crippen LogP contribution in [0.1, 0.15) is 5.56 Å². The largest absolute Gasteiger partial charge is 0.260 e. The van der Waals surface area contributed by atoms with Gasteiger partial charge in [-0.05, 0) is 12.1 Å². The molecule has 0 bridgehead atoms. The molecule has 9 heteroatoms. The Morgan fingerprint density at radius 2 is 1.35 bits per heavy atom. The zero-order valence-electron chi connectivity index (χ0n) is 12.9. The lowest BCUT2D eigenvalue weighted by Crippen LogP contribution is -2.07. The molecule has 1 N–H and O–H groups in total. The summed E-state index contributed by atoms with van der Waals surface area (Å²) in [4.78, 5) is 0. The first-order valence-corrected chi connectivity index (χ1v) is 7.18. The van der Waals surface area contributed by atoms with Gasteiger partial charge in [0, 0.05) is 5.56 Å². The van der Waals surface area contributed by atoms with E-state index in [1.54, 1.807) is 6.07 Å². The molecule has 26 heavy (non-hydrogen) atoms. The van der Waals surface area contributed by atoms with E-state index >= 15 is 0 Å². The summed E-state index contributed by atoms with van der Waals surface area (Å²) < 4.78 is 66.1. The smallest absolute Gasteiger partial charge is 0.200 e. The second kappa shape index (κ2) is 7.26. The molecule has 1 aromatic heterocycles. The monoisotopic (exact) mass is 364 g/mol. The third kappa shape index (κ3) is 3.37. The number of hydrogen-bond donors (Lipinski definition) is 1. The molecular weight excluding hydrogens is 355 g/mol. The van der Waals surface area contributed by atoms with Crippen LogP contribution in [0.4, 0.5) is 27.8 Å². The topological polar surface area (TPSA) is 50.2 Å². The maximum Gasteiger partial charge on any atom is 0.200 e. The number of hydrazone groups is 1. The van der Waals surface area contributed by atoms with E-state index in [9.17, 15) is 22.0 Å². The Hall–Kier alpha value is -3.36. The summed E-state index contributed by atoms with van der Waals surface area (Å²) in [6, 6.07) is 12.3. The molecule has 0 fully saturated rings. The van der Waals surface area contributed by atoms with Crippen LogP contribution in [0.25, 0.3) is 11.3 Å². The van der Waals surface area contributed by atoms with Gasteiger partial charge in [-0.1, -0.05) is 30.3 Å². The van der Waals surface area contributed by atoms with Crippen LogP contribution < -0.4 is 5.43 Å². The van der Waals surface area contributed by atoms with Crippen molar-refractivity contribution >= 4 is 12.0 Å². The second-order valence-corrected chi connectivity index (χ2v) is 5.02. The average Bonchev–Trinajstić information content (AvgIpc) is 2.68. The molecule has 132 valence electrons. The maximum atomic E-state index is 13.5. The highest BCUT2D eigenvalue weighted by Gasteiger charge is 2.24. The lowest BCUT2D eigenvalue weighted by molar-refractivity contribution is 0.377. The minimum Gasteiger partial charge on any atom is -0.260 e. The van der Waals surface area contributed by atoms with Crippen molar-refractivity contribution in [1.29, 1.82) is 0 Å². The van der Waals surface area contributed by atoms with Crippen LogP contribution >= 0.6 is 0 Å². The van der Waals surface area contributed by atoms with Gasteiger partial charge >= 0.3 is 0 Å². The number of halogens is 5. The first-order valence-electron chi connectivity index (χ1n) is 7.18. The lowest BCUT2D eigenvalue weighted by Gasteiger charge is -2.04. The number of hydrogen-bond acceptors (Lipinski definition) is 4. The van der Waals surface area contributed by atoms with Crippen LogP contribution in [0.2, 0.25) is 0 Å². The number of aromatic nitrogens is 2. The highest BCUT2D eigenvalue weighted by Crippen LogP contribution is 2.22. The fourth-order valence-electron chi connectivity index (χ4n) is 2.05. The Balaban J connectivity index is 1.78. The average molecular weight is 364 g/mol. The van der Waals surface area contributed by atoms with Gasteiger partial charge in [-0.3, -0.25) is 5.43 Å². The number of nitrogens with one attached hydrogen (secondary N) is 1. The summed E-state index contributed by atoms with van der Waals surface area (Å²) >= 11 is 0. The summed E-state index contributed by atoms with van der Waals surface area (Å²) in [5.74, 6) is -10.2. The Morgan fingerprint density at radius 3 is 1.92 bits per heavy atom. The molecule has 0 amide bonds. The van der Waals surface area contributed by atoms with Gasteiger partial charge in [0.05, 0.1) is 17.5 Å². The van der Waals surface area contributed by atoms with Gasteiger partial charge < -0.3 is 0 Å². The molecule has 2 aromatic carbocycles. The molecule has 3 rings (SSSR count). The summed E-state index contributed by atoms with van der Waals surface area (Å²) in [5, 5.41) is 11.2. The zero-order valence-corrected chi connectivity index (χ0v) is 12.9. The molecule has 0 atom stereocenters. The van der Waals surface area contributed by atoms with Crippen LogP contribution in [0.15, 0.2) is 47.6 Å². The van der Waals surface area contributed by atoms with E-state index in [1.165, 1.54) is 6.07 Å². The lowest BCUT2D eigenvalue weighted by atomic mass is 10.1. The fourth-order valence-corrected chi connectivity index (χ4v) is 2.05. The summed E-state index contributed by atoms with van der Waals surface area (Å²) in [6.07, 6.45) is 0.475. The molecule has 0 spiro atoms. The zero-order chi connectivity index (χ0) is 18.7. The summed E-state index contributed by atoms with van der Waals surface area (Å²) in [7, 11) is 0. The van der Waals surface area contributed by atoms with Crippen molar-refractivity contribution in [2.75, 3.05) is 5.43 Å². The van der Waals surface area contributed by atoms with Crippen molar-refractivity contribution < 1.29 is 22.0 Å². The van der Waals surface area contributed by atoms with Crippen LogP contribution in [0.3, 0.4) is 0 Å². The van der Waals surface area contributed by atoms with Crippen LogP contribution in [0, 0.1) is 29.1 Å². The van der Waals surface area contributed by atoms with E-state index in [-0.39, 0.29) is 5.82 Å². The Morgan fingerprint density at radius 1 is 0.731 bits per heavy atom. The molecule has 0 radical (unpaired) electrons. The van der Waals surface area contributed by atoms with Crippen LogP contribution in [-0.4, -0.2) is 16.4 Å². The summed E-state index contributed by atoms with van der Waals surface area (Å²) in [6.45, 7) is 0. The van der Waals surface area contributed by atoms with E-state index in [0.717, 1.165) is 5.56 Å². The molecular formula is C17H9F5N4. The Labute approximate surface area is 144 Å². The SMILES string of the molecule is Fc1c(F)c(F)c(/C=N/Nc2ccc(-c3ccccc3)nn2)c(F)c1F. The molecule has 0 aliphatic heterocycles. The molecule has 0 aliphatic rings. The van der Waals surface area contributed by atoms with Gasteiger partial charge in [-0.25, -0.2) is 22.0 Å². The van der Waals surface area contributed by atoms with Crippen LogP contribution in [-0.2, 0) is 0 Å². The molecule has 1 heterocycles. The molecule has 0 saturated carbocycles.